The number of halogens is 3. The first-order valence-corrected chi connectivity index (χ1v) is 9.83. The second-order valence-electron chi connectivity index (χ2n) is 7.73. The maximum absolute atomic E-state index is 13.0. The predicted octanol–water partition coefficient (Wildman–Crippen LogP) is 4.23. The van der Waals surface area contributed by atoms with Crippen molar-refractivity contribution in [2.45, 2.75) is 45.7 Å². The Morgan fingerprint density at radius 2 is 2.00 bits per heavy atom. The van der Waals surface area contributed by atoms with Crippen LogP contribution in [0.5, 0.6) is 0 Å². The standard InChI is InChI=1S/C21H23F3N4O/c1-13-16(9-10-19(29)27-11-5-6-15(12-27)21(22,23)24)14(2)28-20(25-13)17-7-3-4-8-18(17)26-28/h3-4,7-8,15H,5-6,9-12H2,1-2H3. The minimum Gasteiger partial charge on any atom is -0.342 e. The Labute approximate surface area is 166 Å². The summed E-state index contributed by atoms with van der Waals surface area (Å²) in [7, 11) is 0. The second kappa shape index (κ2) is 7.31. The topological polar surface area (TPSA) is 50.5 Å². The van der Waals surface area contributed by atoms with Gasteiger partial charge in [0.1, 0.15) is 0 Å². The van der Waals surface area contributed by atoms with Crippen LogP contribution >= 0.6 is 0 Å². The van der Waals surface area contributed by atoms with Gasteiger partial charge in [0.15, 0.2) is 5.65 Å². The van der Waals surface area contributed by atoms with Crippen molar-refractivity contribution in [3.63, 3.8) is 0 Å². The van der Waals surface area contributed by atoms with Crippen LogP contribution in [-0.2, 0) is 11.2 Å². The summed E-state index contributed by atoms with van der Waals surface area (Å²) in [5.74, 6) is -1.65. The molecule has 0 N–H and O–H groups in total. The first kappa shape index (κ1) is 19.7. The number of aromatic nitrogens is 3. The molecule has 1 aromatic carbocycles. The molecule has 1 atom stereocenters. The second-order valence-corrected chi connectivity index (χ2v) is 7.73. The number of aryl methyl sites for hydroxylation is 2. The van der Waals surface area contributed by atoms with E-state index < -0.39 is 12.1 Å². The molecule has 154 valence electrons. The van der Waals surface area contributed by atoms with Crippen LogP contribution in [0.1, 0.15) is 36.2 Å². The highest BCUT2D eigenvalue weighted by molar-refractivity contribution is 5.92. The van der Waals surface area contributed by atoms with Crippen LogP contribution in [0.3, 0.4) is 0 Å². The molecule has 0 spiro atoms. The van der Waals surface area contributed by atoms with E-state index in [0.29, 0.717) is 19.4 Å². The maximum Gasteiger partial charge on any atom is 0.393 e. The summed E-state index contributed by atoms with van der Waals surface area (Å²) in [5, 5.41) is 5.57. The summed E-state index contributed by atoms with van der Waals surface area (Å²) in [6.45, 7) is 4.00. The van der Waals surface area contributed by atoms with Crippen LogP contribution in [-0.4, -0.2) is 44.7 Å². The van der Waals surface area contributed by atoms with Gasteiger partial charge in [0, 0.05) is 36.3 Å². The van der Waals surface area contributed by atoms with E-state index in [9.17, 15) is 18.0 Å². The van der Waals surface area contributed by atoms with Crippen molar-refractivity contribution in [2.24, 2.45) is 5.92 Å². The van der Waals surface area contributed by atoms with Gasteiger partial charge in [-0.3, -0.25) is 4.79 Å². The number of nitrogens with zero attached hydrogens (tertiary/aromatic N) is 4. The number of piperidine rings is 1. The Hall–Kier alpha value is -2.64. The van der Waals surface area contributed by atoms with E-state index in [1.54, 1.807) is 4.52 Å². The molecule has 1 amide bonds. The van der Waals surface area contributed by atoms with Gasteiger partial charge in [-0.1, -0.05) is 12.1 Å². The van der Waals surface area contributed by atoms with Crippen LogP contribution in [0.15, 0.2) is 24.3 Å². The third kappa shape index (κ3) is 3.68. The Balaban J connectivity index is 1.54. The van der Waals surface area contributed by atoms with Crippen molar-refractivity contribution in [2.75, 3.05) is 13.1 Å². The van der Waals surface area contributed by atoms with E-state index in [1.165, 1.54) is 4.90 Å². The lowest BCUT2D eigenvalue weighted by atomic mass is 9.97. The molecule has 8 heteroatoms. The van der Waals surface area contributed by atoms with Crippen LogP contribution in [0.4, 0.5) is 13.2 Å². The summed E-state index contributed by atoms with van der Waals surface area (Å²) < 4.78 is 40.8. The summed E-state index contributed by atoms with van der Waals surface area (Å²) in [6.07, 6.45) is -3.16. The van der Waals surface area contributed by atoms with Gasteiger partial charge in [0.05, 0.1) is 11.4 Å². The molecule has 5 nitrogen and oxygen atoms in total. The number of hydrogen-bond donors (Lipinski definition) is 0. The van der Waals surface area contributed by atoms with Crippen molar-refractivity contribution >= 4 is 22.5 Å². The molecule has 1 fully saturated rings. The van der Waals surface area contributed by atoms with Gasteiger partial charge < -0.3 is 4.90 Å². The van der Waals surface area contributed by atoms with Gasteiger partial charge in [-0.2, -0.15) is 18.3 Å². The van der Waals surface area contributed by atoms with Crippen LogP contribution in [0, 0.1) is 19.8 Å². The lowest BCUT2D eigenvalue weighted by Gasteiger charge is -2.33. The molecule has 0 aliphatic carbocycles. The zero-order valence-corrected chi connectivity index (χ0v) is 16.5. The quantitative estimate of drug-likeness (QED) is 0.656. The van der Waals surface area contributed by atoms with E-state index in [4.69, 9.17) is 0 Å². The fraction of sp³-hybridized carbons (Fsp3) is 0.476. The van der Waals surface area contributed by atoms with Crippen LogP contribution in [0.2, 0.25) is 0 Å². The normalized spacial score (nSPS) is 18.0. The SMILES string of the molecule is Cc1nc2c3ccccc3nn2c(C)c1CCC(=O)N1CCCC(C(F)(F)F)C1. The molecule has 3 aromatic rings. The molecule has 2 aromatic heterocycles. The number of amides is 1. The van der Waals surface area contributed by atoms with E-state index in [2.05, 4.69) is 10.1 Å². The molecule has 1 saturated heterocycles. The molecular weight excluding hydrogens is 381 g/mol. The zero-order chi connectivity index (χ0) is 20.8. The van der Waals surface area contributed by atoms with E-state index in [-0.39, 0.29) is 25.3 Å². The van der Waals surface area contributed by atoms with Gasteiger partial charge in [-0.15, -0.1) is 0 Å². The van der Waals surface area contributed by atoms with Crippen molar-refractivity contribution in [1.29, 1.82) is 0 Å². The maximum atomic E-state index is 13.0. The molecule has 0 radical (unpaired) electrons. The Kier molecular flexibility index (Phi) is 4.96. The number of fused-ring (bicyclic) bond motifs is 3. The van der Waals surface area contributed by atoms with Gasteiger partial charge >= 0.3 is 6.18 Å². The van der Waals surface area contributed by atoms with Gasteiger partial charge in [-0.05, 0) is 50.8 Å². The number of benzene rings is 1. The average molecular weight is 404 g/mol. The Morgan fingerprint density at radius 3 is 2.76 bits per heavy atom. The molecule has 0 bridgehead atoms. The molecule has 29 heavy (non-hydrogen) atoms. The molecule has 1 unspecified atom stereocenters. The van der Waals surface area contributed by atoms with Crippen molar-refractivity contribution in [1.82, 2.24) is 19.5 Å². The van der Waals surface area contributed by atoms with Crippen LogP contribution in [0.25, 0.3) is 16.6 Å². The van der Waals surface area contributed by atoms with Crippen molar-refractivity contribution < 1.29 is 18.0 Å². The third-order valence-electron chi connectivity index (χ3n) is 5.84. The zero-order valence-electron chi connectivity index (χ0n) is 16.5. The fourth-order valence-corrected chi connectivity index (χ4v) is 4.20. The highest BCUT2D eigenvalue weighted by atomic mass is 19.4. The molecule has 4 rings (SSSR count). The van der Waals surface area contributed by atoms with E-state index >= 15 is 0 Å². The molecule has 3 heterocycles. The number of rotatable bonds is 3. The summed E-state index contributed by atoms with van der Waals surface area (Å²) >= 11 is 0. The minimum absolute atomic E-state index is 0.0962. The first-order chi connectivity index (χ1) is 13.8. The summed E-state index contributed by atoms with van der Waals surface area (Å²) in [4.78, 5) is 18.6. The molecule has 1 aliphatic rings. The largest absolute Gasteiger partial charge is 0.393 e. The lowest BCUT2D eigenvalue weighted by Crippen LogP contribution is -2.44. The predicted molar refractivity (Wildman–Crippen MR) is 104 cm³/mol. The smallest absolute Gasteiger partial charge is 0.342 e. The van der Waals surface area contributed by atoms with Crippen LogP contribution < -0.4 is 0 Å². The minimum atomic E-state index is -4.25. The van der Waals surface area contributed by atoms with E-state index in [1.807, 2.05) is 38.1 Å². The molecule has 0 saturated carbocycles. The lowest BCUT2D eigenvalue weighted by molar-refractivity contribution is -0.188. The highest BCUT2D eigenvalue weighted by Gasteiger charge is 2.42. The van der Waals surface area contributed by atoms with Gasteiger partial charge in [-0.25, -0.2) is 9.50 Å². The highest BCUT2D eigenvalue weighted by Crippen LogP contribution is 2.33. The number of likely N-dealkylation sites (tertiary alicyclic amines) is 1. The summed E-state index contributed by atoms with van der Waals surface area (Å²) in [5.41, 5.74) is 4.27. The summed E-state index contributed by atoms with van der Waals surface area (Å²) in [6, 6.07) is 7.76. The number of carbonyl (C=O) groups is 1. The van der Waals surface area contributed by atoms with Crippen molar-refractivity contribution in [3.8, 4) is 0 Å². The van der Waals surface area contributed by atoms with Gasteiger partial charge in [0.25, 0.3) is 0 Å². The molecular formula is C21H23F3N4O. The number of alkyl halides is 3. The number of hydrogen-bond acceptors (Lipinski definition) is 3. The third-order valence-corrected chi connectivity index (χ3v) is 5.84. The monoisotopic (exact) mass is 404 g/mol. The Bertz CT molecular complexity index is 1070. The fourth-order valence-electron chi connectivity index (χ4n) is 4.20. The first-order valence-electron chi connectivity index (χ1n) is 9.83. The Morgan fingerprint density at radius 1 is 1.24 bits per heavy atom. The van der Waals surface area contributed by atoms with E-state index in [0.717, 1.165) is 33.5 Å². The van der Waals surface area contributed by atoms with Crippen molar-refractivity contribution in [3.05, 3.63) is 41.2 Å². The van der Waals surface area contributed by atoms with Gasteiger partial charge in [0.2, 0.25) is 5.91 Å². The average Bonchev–Trinajstić information content (AvgIpc) is 3.06. The molecule has 1 aliphatic heterocycles. The number of carbonyl (C=O) groups excluding carboxylic acids is 1.